The third-order valence-corrected chi connectivity index (χ3v) is 4.29. The van der Waals surface area contributed by atoms with Gasteiger partial charge in [-0.15, -0.1) is 6.42 Å². The fourth-order valence-corrected chi connectivity index (χ4v) is 2.77. The van der Waals surface area contributed by atoms with E-state index in [1.54, 1.807) is 7.11 Å². The van der Waals surface area contributed by atoms with Gasteiger partial charge in [0.15, 0.2) is 11.5 Å². The van der Waals surface area contributed by atoms with Gasteiger partial charge in [0.25, 0.3) is 0 Å². The van der Waals surface area contributed by atoms with E-state index < -0.39 is 0 Å². The first-order valence-corrected chi connectivity index (χ1v) is 9.62. The molecule has 3 rings (SSSR count). The van der Waals surface area contributed by atoms with Crippen LogP contribution in [0.4, 0.5) is 11.5 Å². The summed E-state index contributed by atoms with van der Waals surface area (Å²) >= 11 is 0. The lowest BCUT2D eigenvalue weighted by atomic mass is 10.2. The van der Waals surface area contributed by atoms with Crippen LogP contribution in [0.25, 0.3) is 10.9 Å². The van der Waals surface area contributed by atoms with Crippen molar-refractivity contribution in [3.8, 4) is 23.8 Å². The maximum Gasteiger partial charge on any atom is 0.163 e. The summed E-state index contributed by atoms with van der Waals surface area (Å²) < 4.78 is 16.9. The number of rotatable bonds is 10. The minimum atomic E-state index is 0.432. The summed E-state index contributed by atoms with van der Waals surface area (Å²) in [5.74, 6) is 4.62. The molecule has 0 spiro atoms. The van der Waals surface area contributed by atoms with Gasteiger partial charge in [-0.25, -0.2) is 9.97 Å². The molecule has 0 saturated carbocycles. The van der Waals surface area contributed by atoms with Crippen molar-refractivity contribution >= 4 is 22.4 Å². The highest BCUT2D eigenvalue weighted by atomic mass is 16.5. The van der Waals surface area contributed by atoms with E-state index >= 15 is 0 Å². The lowest BCUT2D eigenvalue weighted by Crippen LogP contribution is -2.07. The van der Waals surface area contributed by atoms with Gasteiger partial charge in [-0.3, -0.25) is 0 Å². The first-order chi connectivity index (χ1) is 14.2. The molecule has 0 radical (unpaired) electrons. The molecule has 0 amide bonds. The normalized spacial score (nSPS) is 10.5. The first-order valence-electron chi connectivity index (χ1n) is 9.62. The fourth-order valence-electron chi connectivity index (χ4n) is 2.77. The molecule has 2 aromatic carbocycles. The molecule has 0 saturated heterocycles. The molecule has 0 unspecified atom stereocenters. The van der Waals surface area contributed by atoms with E-state index in [2.05, 4.69) is 28.1 Å². The highest BCUT2D eigenvalue weighted by Crippen LogP contribution is 2.35. The van der Waals surface area contributed by atoms with E-state index in [9.17, 15) is 0 Å². The van der Waals surface area contributed by atoms with Crippen LogP contribution < -0.4 is 14.8 Å². The Labute approximate surface area is 171 Å². The third-order valence-electron chi connectivity index (χ3n) is 4.29. The van der Waals surface area contributed by atoms with E-state index in [4.69, 9.17) is 20.6 Å². The number of ether oxygens (including phenoxy) is 3. The van der Waals surface area contributed by atoms with Crippen LogP contribution in [-0.4, -0.2) is 36.9 Å². The standard InChI is InChI=1S/C23H25N3O3/c1-4-6-10-28-21-14-19-20(15-22(21)29-12-11-27-3)24-16-25-23(19)26-18-9-7-8-17(5-2)13-18/h2,7-9,13-16H,4,6,10-12H2,1,3H3,(H,24,25,26). The number of aromatic nitrogens is 2. The van der Waals surface area contributed by atoms with Crippen molar-refractivity contribution in [2.75, 3.05) is 32.2 Å². The van der Waals surface area contributed by atoms with Crippen LogP contribution in [0.3, 0.4) is 0 Å². The number of anilines is 2. The van der Waals surface area contributed by atoms with Crippen molar-refractivity contribution in [1.82, 2.24) is 9.97 Å². The van der Waals surface area contributed by atoms with E-state index in [0.29, 0.717) is 37.1 Å². The van der Waals surface area contributed by atoms with Crippen LogP contribution in [0.1, 0.15) is 25.3 Å². The Balaban J connectivity index is 1.96. The molecular weight excluding hydrogens is 366 g/mol. The minimum Gasteiger partial charge on any atom is -0.490 e. The zero-order valence-electron chi connectivity index (χ0n) is 16.8. The molecule has 0 fully saturated rings. The van der Waals surface area contributed by atoms with Gasteiger partial charge in [0.2, 0.25) is 0 Å². The highest BCUT2D eigenvalue weighted by molar-refractivity contribution is 5.93. The van der Waals surface area contributed by atoms with Crippen LogP contribution >= 0.6 is 0 Å². The van der Waals surface area contributed by atoms with Crippen LogP contribution in [0, 0.1) is 12.3 Å². The summed E-state index contributed by atoms with van der Waals surface area (Å²) in [5, 5.41) is 4.16. The van der Waals surface area contributed by atoms with Gasteiger partial charge in [0.05, 0.1) is 18.7 Å². The lowest BCUT2D eigenvalue weighted by molar-refractivity contribution is 0.143. The molecule has 0 aliphatic carbocycles. The lowest BCUT2D eigenvalue weighted by Gasteiger charge is -2.15. The number of unbranched alkanes of at least 4 members (excludes halogenated alkanes) is 1. The molecule has 0 atom stereocenters. The molecule has 0 aliphatic heterocycles. The monoisotopic (exact) mass is 391 g/mol. The van der Waals surface area contributed by atoms with Crippen molar-refractivity contribution < 1.29 is 14.2 Å². The summed E-state index contributed by atoms with van der Waals surface area (Å²) in [4.78, 5) is 8.80. The average molecular weight is 391 g/mol. The topological polar surface area (TPSA) is 65.5 Å². The Bertz CT molecular complexity index is 998. The molecule has 6 heteroatoms. The molecule has 0 bridgehead atoms. The Morgan fingerprint density at radius 3 is 2.66 bits per heavy atom. The molecule has 1 heterocycles. The average Bonchev–Trinajstić information content (AvgIpc) is 2.75. The van der Waals surface area contributed by atoms with E-state index in [-0.39, 0.29) is 0 Å². The van der Waals surface area contributed by atoms with Crippen LogP contribution in [0.5, 0.6) is 11.5 Å². The zero-order chi connectivity index (χ0) is 20.5. The maximum atomic E-state index is 5.98. The second-order valence-corrected chi connectivity index (χ2v) is 6.43. The summed E-state index contributed by atoms with van der Waals surface area (Å²) in [6.07, 6.45) is 9.04. The van der Waals surface area contributed by atoms with Gasteiger partial charge >= 0.3 is 0 Å². The summed E-state index contributed by atoms with van der Waals surface area (Å²) in [7, 11) is 1.64. The second-order valence-electron chi connectivity index (χ2n) is 6.43. The quantitative estimate of drug-likeness (QED) is 0.404. The third kappa shape index (κ3) is 5.37. The molecule has 1 aromatic heterocycles. The summed E-state index contributed by atoms with van der Waals surface area (Å²) in [6, 6.07) is 11.4. The molecular formula is C23H25N3O3. The Hall–Kier alpha value is -3.30. The Kier molecular flexibility index (Phi) is 7.26. The van der Waals surface area contributed by atoms with Crippen molar-refractivity contribution in [3.63, 3.8) is 0 Å². The Morgan fingerprint density at radius 1 is 1.03 bits per heavy atom. The van der Waals surface area contributed by atoms with Crippen LogP contribution in [0.2, 0.25) is 0 Å². The van der Waals surface area contributed by atoms with Gasteiger partial charge in [-0.05, 0) is 30.7 Å². The molecule has 6 nitrogen and oxygen atoms in total. The van der Waals surface area contributed by atoms with Crippen molar-refractivity contribution in [2.45, 2.75) is 19.8 Å². The van der Waals surface area contributed by atoms with Gasteiger partial charge in [-0.2, -0.15) is 0 Å². The van der Waals surface area contributed by atoms with Crippen molar-refractivity contribution in [1.29, 1.82) is 0 Å². The van der Waals surface area contributed by atoms with Crippen molar-refractivity contribution in [2.24, 2.45) is 0 Å². The number of terminal acetylenes is 1. The molecule has 29 heavy (non-hydrogen) atoms. The van der Waals surface area contributed by atoms with Gasteiger partial charge in [0.1, 0.15) is 18.8 Å². The number of hydrogen-bond donors (Lipinski definition) is 1. The van der Waals surface area contributed by atoms with E-state index in [1.165, 1.54) is 6.33 Å². The molecule has 3 aromatic rings. The fraction of sp³-hybridized carbons (Fsp3) is 0.304. The largest absolute Gasteiger partial charge is 0.490 e. The summed E-state index contributed by atoms with van der Waals surface area (Å²) in [5.41, 5.74) is 2.41. The van der Waals surface area contributed by atoms with Crippen molar-refractivity contribution in [3.05, 3.63) is 48.3 Å². The molecule has 0 aliphatic rings. The van der Waals surface area contributed by atoms with Gasteiger partial charge < -0.3 is 19.5 Å². The number of nitrogens with zero attached hydrogens (tertiary/aromatic N) is 2. The smallest absolute Gasteiger partial charge is 0.163 e. The Morgan fingerprint density at radius 2 is 1.86 bits per heavy atom. The second kappa shape index (κ2) is 10.3. The number of nitrogens with one attached hydrogen (secondary N) is 1. The number of benzene rings is 2. The maximum absolute atomic E-state index is 5.98. The van der Waals surface area contributed by atoms with E-state index in [0.717, 1.165) is 35.0 Å². The first kappa shape index (κ1) is 20.4. The molecule has 1 N–H and O–H groups in total. The predicted octanol–water partition coefficient (Wildman–Crippen LogP) is 4.56. The van der Waals surface area contributed by atoms with E-state index in [1.807, 2.05) is 36.4 Å². The number of fused-ring (bicyclic) bond motifs is 1. The molecule has 150 valence electrons. The minimum absolute atomic E-state index is 0.432. The van der Waals surface area contributed by atoms with Crippen LogP contribution in [-0.2, 0) is 4.74 Å². The predicted molar refractivity (Wildman–Crippen MR) is 115 cm³/mol. The van der Waals surface area contributed by atoms with Gasteiger partial charge in [-0.1, -0.05) is 25.3 Å². The number of methoxy groups -OCH3 is 1. The summed E-state index contributed by atoms with van der Waals surface area (Å²) in [6.45, 7) is 3.67. The zero-order valence-corrected chi connectivity index (χ0v) is 16.8. The highest BCUT2D eigenvalue weighted by Gasteiger charge is 2.13. The SMILES string of the molecule is C#Cc1cccc(Nc2ncnc3cc(OCCOC)c(OCCCC)cc23)c1. The van der Waals surface area contributed by atoms with Gasteiger partial charge in [0, 0.05) is 29.8 Å². The number of hydrogen-bond acceptors (Lipinski definition) is 6. The van der Waals surface area contributed by atoms with Crippen LogP contribution in [0.15, 0.2) is 42.7 Å².